The maximum atomic E-state index is 12.2. The van der Waals surface area contributed by atoms with Crippen molar-refractivity contribution in [2.45, 2.75) is 26.4 Å². The van der Waals surface area contributed by atoms with Gasteiger partial charge in [0, 0.05) is 18.2 Å². The number of benzene rings is 1. The second kappa shape index (κ2) is 6.14. The van der Waals surface area contributed by atoms with Crippen molar-refractivity contribution >= 4 is 5.78 Å². The van der Waals surface area contributed by atoms with Crippen LogP contribution < -0.4 is 4.74 Å². The van der Waals surface area contributed by atoms with Gasteiger partial charge in [-0.2, -0.15) is 0 Å². The fourth-order valence-corrected chi connectivity index (χ4v) is 1.79. The van der Waals surface area contributed by atoms with Gasteiger partial charge in [-0.3, -0.25) is 9.78 Å². The molecule has 2 rings (SSSR count). The Labute approximate surface area is 113 Å². The lowest BCUT2D eigenvalue weighted by molar-refractivity contribution is 0.0992. The molecule has 19 heavy (non-hydrogen) atoms. The highest BCUT2D eigenvalue weighted by atomic mass is 16.5. The third kappa shape index (κ3) is 3.91. The molecule has 1 heterocycles. The predicted molar refractivity (Wildman–Crippen MR) is 74.5 cm³/mol. The molecule has 0 aliphatic carbocycles. The molecule has 0 aliphatic rings. The average molecular weight is 255 g/mol. The summed E-state index contributed by atoms with van der Waals surface area (Å²) in [5.41, 5.74) is 1.59. The molecule has 0 saturated carbocycles. The SMILES string of the molecule is CC(C)Oc1cncc(C(=O)Cc2ccccc2)c1. The number of ether oxygens (including phenoxy) is 1. The zero-order chi connectivity index (χ0) is 13.7. The average Bonchev–Trinajstić information content (AvgIpc) is 2.39. The van der Waals surface area contributed by atoms with Crippen molar-refractivity contribution in [2.75, 3.05) is 0 Å². The molecule has 0 amide bonds. The van der Waals surface area contributed by atoms with Crippen molar-refractivity contribution in [1.29, 1.82) is 0 Å². The highest BCUT2D eigenvalue weighted by Crippen LogP contribution is 2.15. The van der Waals surface area contributed by atoms with Crippen LogP contribution in [0.1, 0.15) is 29.8 Å². The van der Waals surface area contributed by atoms with Gasteiger partial charge in [-0.25, -0.2) is 0 Å². The second-order valence-electron chi connectivity index (χ2n) is 4.66. The first kappa shape index (κ1) is 13.3. The van der Waals surface area contributed by atoms with E-state index in [4.69, 9.17) is 4.74 Å². The summed E-state index contributed by atoms with van der Waals surface area (Å²) in [4.78, 5) is 16.2. The van der Waals surface area contributed by atoms with Crippen LogP contribution in [0.15, 0.2) is 48.8 Å². The van der Waals surface area contributed by atoms with Crippen LogP contribution in [0.2, 0.25) is 0 Å². The molecular weight excluding hydrogens is 238 g/mol. The Morgan fingerprint density at radius 1 is 1.21 bits per heavy atom. The molecule has 1 aromatic carbocycles. The van der Waals surface area contributed by atoms with E-state index < -0.39 is 0 Å². The Balaban J connectivity index is 2.11. The van der Waals surface area contributed by atoms with Gasteiger partial charge in [-0.05, 0) is 25.5 Å². The van der Waals surface area contributed by atoms with Gasteiger partial charge in [0.1, 0.15) is 5.75 Å². The van der Waals surface area contributed by atoms with Gasteiger partial charge in [0.25, 0.3) is 0 Å². The number of hydrogen-bond donors (Lipinski definition) is 0. The van der Waals surface area contributed by atoms with E-state index in [-0.39, 0.29) is 11.9 Å². The topological polar surface area (TPSA) is 39.2 Å². The molecule has 0 radical (unpaired) electrons. The standard InChI is InChI=1S/C16H17NO2/c1-12(2)19-15-9-14(10-17-11-15)16(18)8-13-6-4-3-5-7-13/h3-7,9-12H,8H2,1-2H3. The quantitative estimate of drug-likeness (QED) is 0.769. The van der Waals surface area contributed by atoms with E-state index in [1.165, 1.54) is 0 Å². The monoisotopic (exact) mass is 255 g/mol. The lowest BCUT2D eigenvalue weighted by Gasteiger charge is -2.10. The maximum absolute atomic E-state index is 12.2. The van der Waals surface area contributed by atoms with Crippen molar-refractivity contribution in [2.24, 2.45) is 0 Å². The molecule has 0 saturated heterocycles. The van der Waals surface area contributed by atoms with Gasteiger partial charge in [-0.1, -0.05) is 30.3 Å². The largest absolute Gasteiger partial charge is 0.489 e. The third-order valence-electron chi connectivity index (χ3n) is 2.61. The van der Waals surface area contributed by atoms with Gasteiger partial charge in [-0.15, -0.1) is 0 Å². The van der Waals surface area contributed by atoms with Crippen molar-refractivity contribution in [3.63, 3.8) is 0 Å². The van der Waals surface area contributed by atoms with Gasteiger partial charge in [0.15, 0.2) is 5.78 Å². The van der Waals surface area contributed by atoms with Crippen LogP contribution in [0.4, 0.5) is 0 Å². The minimum atomic E-state index is 0.0490. The van der Waals surface area contributed by atoms with Crippen LogP contribution in [0.25, 0.3) is 0 Å². The van der Waals surface area contributed by atoms with E-state index in [9.17, 15) is 4.79 Å². The highest BCUT2D eigenvalue weighted by Gasteiger charge is 2.09. The number of carbonyl (C=O) groups excluding carboxylic acids is 1. The molecule has 2 aromatic rings. The van der Waals surface area contributed by atoms with E-state index in [2.05, 4.69) is 4.98 Å². The molecule has 0 fully saturated rings. The van der Waals surface area contributed by atoms with E-state index in [0.29, 0.717) is 17.7 Å². The van der Waals surface area contributed by atoms with Crippen molar-refractivity contribution in [3.8, 4) is 5.75 Å². The Kier molecular flexibility index (Phi) is 4.29. The van der Waals surface area contributed by atoms with Crippen molar-refractivity contribution in [1.82, 2.24) is 4.98 Å². The predicted octanol–water partition coefficient (Wildman–Crippen LogP) is 3.29. The van der Waals surface area contributed by atoms with Crippen molar-refractivity contribution < 1.29 is 9.53 Å². The number of Topliss-reactive ketones (excluding diaryl/α,β-unsaturated/α-hetero) is 1. The fourth-order valence-electron chi connectivity index (χ4n) is 1.79. The summed E-state index contributed by atoms with van der Waals surface area (Å²) in [6.45, 7) is 3.89. The number of hydrogen-bond acceptors (Lipinski definition) is 3. The lowest BCUT2D eigenvalue weighted by Crippen LogP contribution is -2.08. The van der Waals surface area contributed by atoms with E-state index in [0.717, 1.165) is 5.56 Å². The zero-order valence-corrected chi connectivity index (χ0v) is 11.2. The number of nitrogens with zero attached hydrogens (tertiary/aromatic N) is 1. The normalized spacial score (nSPS) is 10.5. The summed E-state index contributed by atoms with van der Waals surface area (Å²) >= 11 is 0. The Bertz CT molecular complexity index is 550. The minimum Gasteiger partial charge on any atom is -0.489 e. The summed E-state index contributed by atoms with van der Waals surface area (Å²) < 4.78 is 5.54. The Morgan fingerprint density at radius 3 is 2.63 bits per heavy atom. The zero-order valence-electron chi connectivity index (χ0n) is 11.2. The second-order valence-corrected chi connectivity index (χ2v) is 4.66. The third-order valence-corrected chi connectivity index (χ3v) is 2.61. The number of rotatable bonds is 5. The van der Waals surface area contributed by atoms with E-state index >= 15 is 0 Å². The van der Waals surface area contributed by atoms with E-state index in [1.54, 1.807) is 18.5 Å². The van der Waals surface area contributed by atoms with Gasteiger partial charge >= 0.3 is 0 Å². The molecular formula is C16H17NO2. The summed E-state index contributed by atoms with van der Waals surface area (Å²) in [6, 6.07) is 11.4. The summed E-state index contributed by atoms with van der Waals surface area (Å²) in [7, 11) is 0. The number of carbonyl (C=O) groups is 1. The van der Waals surface area contributed by atoms with E-state index in [1.807, 2.05) is 44.2 Å². The molecule has 1 aromatic heterocycles. The smallest absolute Gasteiger partial charge is 0.168 e. The Morgan fingerprint density at radius 2 is 1.95 bits per heavy atom. The molecule has 0 spiro atoms. The van der Waals surface area contributed by atoms with Crippen LogP contribution >= 0.6 is 0 Å². The first-order chi connectivity index (χ1) is 9.15. The van der Waals surface area contributed by atoms with Crippen LogP contribution in [-0.2, 0) is 6.42 Å². The first-order valence-electron chi connectivity index (χ1n) is 6.34. The molecule has 0 atom stereocenters. The van der Waals surface area contributed by atoms with Gasteiger partial charge < -0.3 is 4.74 Å². The number of aromatic nitrogens is 1. The number of ketones is 1. The van der Waals surface area contributed by atoms with Gasteiger partial charge in [0.05, 0.1) is 12.3 Å². The van der Waals surface area contributed by atoms with Gasteiger partial charge in [0.2, 0.25) is 0 Å². The molecule has 3 heteroatoms. The Hall–Kier alpha value is -2.16. The fraction of sp³-hybridized carbons (Fsp3) is 0.250. The molecule has 98 valence electrons. The summed E-state index contributed by atoms with van der Waals surface area (Å²) in [5, 5.41) is 0. The number of pyridine rings is 1. The molecule has 0 bridgehead atoms. The first-order valence-corrected chi connectivity index (χ1v) is 6.34. The van der Waals surface area contributed by atoms with Crippen LogP contribution in [0.5, 0.6) is 5.75 Å². The van der Waals surface area contributed by atoms with Crippen LogP contribution in [-0.4, -0.2) is 16.9 Å². The molecule has 0 unspecified atom stereocenters. The minimum absolute atomic E-state index is 0.0490. The molecule has 3 nitrogen and oxygen atoms in total. The maximum Gasteiger partial charge on any atom is 0.168 e. The molecule has 0 aliphatic heterocycles. The van der Waals surface area contributed by atoms with Crippen LogP contribution in [0, 0.1) is 0 Å². The summed E-state index contributed by atoms with van der Waals surface area (Å²) in [5.74, 6) is 0.682. The highest BCUT2D eigenvalue weighted by molar-refractivity contribution is 5.97. The summed E-state index contributed by atoms with van der Waals surface area (Å²) in [6.07, 6.45) is 3.66. The lowest BCUT2D eigenvalue weighted by atomic mass is 10.0. The van der Waals surface area contributed by atoms with Crippen LogP contribution in [0.3, 0.4) is 0 Å². The molecule has 0 N–H and O–H groups in total. The van der Waals surface area contributed by atoms with Crippen molar-refractivity contribution in [3.05, 3.63) is 59.9 Å².